The molecule has 0 aliphatic carbocycles. The van der Waals surface area contributed by atoms with Crippen molar-refractivity contribution in [3.8, 4) is 0 Å². The molecule has 0 saturated carbocycles. The van der Waals surface area contributed by atoms with E-state index in [2.05, 4.69) is 6.07 Å². The Morgan fingerprint density at radius 2 is 1.86 bits per heavy atom. The number of rotatable bonds is 2. The van der Waals surface area contributed by atoms with Crippen molar-refractivity contribution < 1.29 is 8.42 Å². The smallest absolute Gasteiger partial charge is 0.207 e. The Bertz CT molecular complexity index is 768. The first-order valence-electron chi connectivity index (χ1n) is 7.16. The third kappa shape index (κ3) is 2.49. The Hall–Kier alpha value is -1.65. The summed E-state index contributed by atoms with van der Waals surface area (Å²) in [6.45, 7) is 4.41. The minimum absolute atomic E-state index is 0.125. The van der Waals surface area contributed by atoms with Gasteiger partial charge in [0.2, 0.25) is 10.0 Å². The first-order valence-corrected chi connectivity index (χ1v) is 8.60. The lowest BCUT2D eigenvalue weighted by molar-refractivity contribution is 0.326. The molecule has 0 amide bonds. The van der Waals surface area contributed by atoms with E-state index in [4.69, 9.17) is 0 Å². The van der Waals surface area contributed by atoms with Crippen molar-refractivity contribution in [1.82, 2.24) is 4.31 Å². The molecule has 2 aromatic carbocycles. The van der Waals surface area contributed by atoms with Crippen LogP contribution in [0.1, 0.15) is 29.7 Å². The summed E-state index contributed by atoms with van der Waals surface area (Å²) >= 11 is 0. The second kappa shape index (κ2) is 5.28. The van der Waals surface area contributed by atoms with Crippen LogP contribution < -0.4 is 0 Å². The molecule has 3 nitrogen and oxygen atoms in total. The number of sulfonamides is 1. The molecule has 0 aromatic heterocycles. The zero-order valence-corrected chi connectivity index (χ0v) is 13.1. The Labute approximate surface area is 126 Å². The number of aryl methyl sites for hydroxylation is 1. The van der Waals surface area contributed by atoms with Gasteiger partial charge in [-0.3, -0.25) is 0 Å². The maximum atomic E-state index is 12.9. The van der Waals surface area contributed by atoms with Crippen molar-refractivity contribution in [3.63, 3.8) is 0 Å². The van der Waals surface area contributed by atoms with Gasteiger partial charge in [0, 0.05) is 12.6 Å². The van der Waals surface area contributed by atoms with E-state index in [0.29, 0.717) is 11.4 Å². The summed E-state index contributed by atoms with van der Waals surface area (Å²) in [5.74, 6) is 0. The molecule has 0 N–H and O–H groups in total. The number of fused-ring (bicyclic) bond motifs is 1. The van der Waals surface area contributed by atoms with E-state index >= 15 is 0 Å². The molecular weight excluding hydrogens is 282 g/mol. The van der Waals surface area contributed by atoms with E-state index < -0.39 is 10.0 Å². The third-order valence-electron chi connectivity index (χ3n) is 4.13. The lowest BCUT2D eigenvalue weighted by Gasteiger charge is -2.34. The SMILES string of the molecule is Cc1cccc(S(=O)(=O)N2CCc3ccccc3C2C)c1. The molecule has 21 heavy (non-hydrogen) atoms. The van der Waals surface area contributed by atoms with Crippen molar-refractivity contribution in [2.45, 2.75) is 31.2 Å². The van der Waals surface area contributed by atoms with Gasteiger partial charge < -0.3 is 0 Å². The second-order valence-corrected chi connectivity index (χ2v) is 7.45. The molecule has 110 valence electrons. The zero-order chi connectivity index (χ0) is 15.0. The van der Waals surface area contributed by atoms with Crippen LogP contribution in [0, 0.1) is 6.92 Å². The van der Waals surface area contributed by atoms with Crippen LogP contribution in [-0.4, -0.2) is 19.3 Å². The van der Waals surface area contributed by atoms with Gasteiger partial charge in [-0.1, -0.05) is 36.4 Å². The lowest BCUT2D eigenvalue weighted by Crippen LogP contribution is -2.38. The second-order valence-electron chi connectivity index (χ2n) is 5.56. The van der Waals surface area contributed by atoms with Crippen LogP contribution in [-0.2, 0) is 16.4 Å². The van der Waals surface area contributed by atoms with Gasteiger partial charge in [-0.05, 0) is 49.1 Å². The molecule has 0 saturated heterocycles. The van der Waals surface area contributed by atoms with Gasteiger partial charge in [-0.15, -0.1) is 0 Å². The summed E-state index contributed by atoms with van der Waals surface area (Å²) < 4.78 is 27.4. The molecule has 4 heteroatoms. The lowest BCUT2D eigenvalue weighted by atomic mass is 9.96. The minimum Gasteiger partial charge on any atom is -0.207 e. The Kier molecular flexibility index (Phi) is 3.59. The predicted molar refractivity (Wildman–Crippen MR) is 83.6 cm³/mol. The molecular formula is C17H19NO2S. The number of hydrogen-bond donors (Lipinski definition) is 0. The normalized spacial score (nSPS) is 19.2. The zero-order valence-electron chi connectivity index (χ0n) is 12.3. The molecule has 1 aliphatic heterocycles. The summed E-state index contributed by atoms with van der Waals surface area (Å²) in [6.07, 6.45) is 0.769. The van der Waals surface area contributed by atoms with E-state index in [9.17, 15) is 8.42 Å². The first kappa shape index (κ1) is 14.3. The van der Waals surface area contributed by atoms with Gasteiger partial charge in [0.15, 0.2) is 0 Å². The fourth-order valence-electron chi connectivity index (χ4n) is 2.99. The van der Waals surface area contributed by atoms with Crippen LogP contribution in [0.4, 0.5) is 0 Å². The van der Waals surface area contributed by atoms with Gasteiger partial charge in [-0.25, -0.2) is 8.42 Å². The van der Waals surface area contributed by atoms with Crippen LogP contribution in [0.15, 0.2) is 53.4 Å². The quantitative estimate of drug-likeness (QED) is 0.853. The highest BCUT2D eigenvalue weighted by Crippen LogP contribution is 2.33. The summed E-state index contributed by atoms with van der Waals surface area (Å²) in [4.78, 5) is 0.383. The molecule has 0 radical (unpaired) electrons. The van der Waals surface area contributed by atoms with Crippen LogP contribution in [0.3, 0.4) is 0 Å². The summed E-state index contributed by atoms with van der Waals surface area (Å²) in [5.41, 5.74) is 3.32. The standard InChI is InChI=1S/C17H19NO2S/c1-13-6-5-8-16(12-13)21(19,20)18-11-10-15-7-3-4-9-17(15)14(18)2/h3-9,12,14H,10-11H2,1-2H3. The largest absolute Gasteiger partial charge is 0.243 e. The third-order valence-corrected chi connectivity index (χ3v) is 6.10. The van der Waals surface area contributed by atoms with Crippen LogP contribution in [0.5, 0.6) is 0 Å². The first-order chi connectivity index (χ1) is 10.00. The number of benzene rings is 2. The molecule has 1 heterocycles. The molecule has 2 aromatic rings. The molecule has 0 fully saturated rings. The van der Waals surface area contributed by atoms with Crippen molar-refractivity contribution in [2.24, 2.45) is 0 Å². The number of hydrogen-bond acceptors (Lipinski definition) is 2. The highest BCUT2D eigenvalue weighted by Gasteiger charge is 2.33. The van der Waals surface area contributed by atoms with Gasteiger partial charge in [-0.2, -0.15) is 4.31 Å². The van der Waals surface area contributed by atoms with E-state index in [0.717, 1.165) is 17.5 Å². The van der Waals surface area contributed by atoms with Crippen molar-refractivity contribution in [3.05, 3.63) is 65.2 Å². The monoisotopic (exact) mass is 301 g/mol. The summed E-state index contributed by atoms with van der Waals surface area (Å²) in [6, 6.07) is 15.1. The van der Waals surface area contributed by atoms with E-state index in [1.54, 1.807) is 22.5 Å². The Morgan fingerprint density at radius 3 is 2.62 bits per heavy atom. The molecule has 3 rings (SSSR count). The van der Waals surface area contributed by atoms with Crippen molar-refractivity contribution in [1.29, 1.82) is 0 Å². The molecule has 0 bridgehead atoms. The van der Waals surface area contributed by atoms with E-state index in [1.165, 1.54) is 5.56 Å². The van der Waals surface area contributed by atoms with E-state index in [-0.39, 0.29) is 6.04 Å². The van der Waals surface area contributed by atoms with Gasteiger partial charge in [0.1, 0.15) is 0 Å². The minimum atomic E-state index is -3.44. The highest BCUT2D eigenvalue weighted by molar-refractivity contribution is 7.89. The number of nitrogens with zero attached hydrogens (tertiary/aromatic N) is 1. The van der Waals surface area contributed by atoms with Crippen LogP contribution in [0.2, 0.25) is 0 Å². The average Bonchev–Trinajstić information content (AvgIpc) is 2.47. The van der Waals surface area contributed by atoms with Crippen molar-refractivity contribution >= 4 is 10.0 Å². The Morgan fingerprint density at radius 1 is 1.10 bits per heavy atom. The fraction of sp³-hybridized carbons (Fsp3) is 0.294. The van der Waals surface area contributed by atoms with Crippen LogP contribution in [0.25, 0.3) is 0 Å². The topological polar surface area (TPSA) is 37.4 Å². The Balaban J connectivity index is 2.02. The van der Waals surface area contributed by atoms with Gasteiger partial charge in [0.05, 0.1) is 4.90 Å². The molecule has 1 atom stereocenters. The maximum Gasteiger partial charge on any atom is 0.243 e. The fourth-order valence-corrected chi connectivity index (χ4v) is 4.71. The summed E-state index contributed by atoms with van der Waals surface area (Å²) in [7, 11) is -3.44. The van der Waals surface area contributed by atoms with Crippen LogP contribution >= 0.6 is 0 Å². The van der Waals surface area contributed by atoms with Gasteiger partial charge in [0.25, 0.3) is 0 Å². The van der Waals surface area contributed by atoms with E-state index in [1.807, 2.05) is 38.1 Å². The molecule has 1 aliphatic rings. The molecule has 0 spiro atoms. The summed E-state index contributed by atoms with van der Waals surface area (Å²) in [5, 5.41) is 0. The van der Waals surface area contributed by atoms with Crippen molar-refractivity contribution in [2.75, 3.05) is 6.54 Å². The molecule has 1 unspecified atom stereocenters. The maximum absolute atomic E-state index is 12.9. The average molecular weight is 301 g/mol. The van der Waals surface area contributed by atoms with Gasteiger partial charge >= 0.3 is 0 Å². The predicted octanol–water partition coefficient (Wildman–Crippen LogP) is 3.30. The highest BCUT2D eigenvalue weighted by atomic mass is 32.2.